The fourth-order valence-electron chi connectivity index (χ4n) is 6.06. The van der Waals surface area contributed by atoms with Crippen LogP contribution in [0.3, 0.4) is 0 Å². The van der Waals surface area contributed by atoms with Crippen LogP contribution in [0.25, 0.3) is 10.9 Å². The lowest BCUT2D eigenvalue weighted by molar-refractivity contribution is -0.187. The van der Waals surface area contributed by atoms with Gasteiger partial charge in [0.25, 0.3) is 0 Å². The first-order valence-corrected chi connectivity index (χ1v) is 11.5. The largest absolute Gasteiger partial charge is 0.424 e. The molecule has 3 fully saturated rings. The molecule has 6 rings (SSSR count). The summed E-state index contributed by atoms with van der Waals surface area (Å²) in [6.45, 7) is -0.0953. The highest BCUT2D eigenvalue weighted by atomic mass is 19.4. The van der Waals surface area contributed by atoms with Gasteiger partial charge < -0.3 is 15.1 Å². The maximum atomic E-state index is 14.5. The van der Waals surface area contributed by atoms with Gasteiger partial charge in [0, 0.05) is 42.3 Å². The molecule has 0 amide bonds. The number of aromatic nitrogens is 3. The number of piperidine rings is 1. The molecule has 3 aromatic rings. The van der Waals surface area contributed by atoms with Crippen LogP contribution in [-0.2, 0) is 5.41 Å². The Morgan fingerprint density at radius 2 is 1.91 bits per heavy atom. The molecular weight excluding hydrogens is 445 g/mol. The summed E-state index contributed by atoms with van der Waals surface area (Å²) in [4.78, 5) is 6.02. The lowest BCUT2D eigenvalue weighted by atomic mass is 9.86. The van der Waals surface area contributed by atoms with Gasteiger partial charge in [-0.1, -0.05) is 0 Å². The summed E-state index contributed by atoms with van der Waals surface area (Å²) in [6, 6.07) is 9.08. The molecule has 2 aromatic heterocycles. The number of nitrogens with two attached hydrogens (primary N) is 1. The average Bonchev–Trinajstić information content (AvgIpc) is 3.14. The van der Waals surface area contributed by atoms with Crippen molar-refractivity contribution in [3.05, 3.63) is 47.8 Å². The van der Waals surface area contributed by atoms with Crippen molar-refractivity contribution in [2.45, 2.75) is 55.7 Å². The zero-order chi connectivity index (χ0) is 23.7. The van der Waals surface area contributed by atoms with Crippen LogP contribution < -0.4 is 10.6 Å². The van der Waals surface area contributed by atoms with Gasteiger partial charge in [-0.25, -0.2) is 0 Å². The van der Waals surface area contributed by atoms with Crippen molar-refractivity contribution in [3.8, 4) is 6.07 Å². The number of fused-ring (bicyclic) bond motifs is 2. The molecule has 7 nitrogen and oxygen atoms in total. The van der Waals surface area contributed by atoms with Crippen LogP contribution in [0, 0.1) is 16.7 Å². The molecule has 3 aliphatic rings. The first-order chi connectivity index (χ1) is 16.3. The summed E-state index contributed by atoms with van der Waals surface area (Å²) in [7, 11) is 0. The second kappa shape index (κ2) is 7.15. The third-order valence-electron chi connectivity index (χ3n) is 8.04. The molecule has 3 heterocycles. The van der Waals surface area contributed by atoms with Gasteiger partial charge in [-0.15, -0.1) is 10.2 Å². The van der Waals surface area contributed by atoms with E-state index in [2.05, 4.69) is 21.3 Å². The molecule has 0 spiro atoms. The Hall–Kier alpha value is -3.19. The van der Waals surface area contributed by atoms with Crippen molar-refractivity contribution in [1.29, 1.82) is 5.26 Å². The maximum Gasteiger partial charge on any atom is 0.397 e. The maximum absolute atomic E-state index is 14.5. The van der Waals surface area contributed by atoms with Crippen molar-refractivity contribution in [3.63, 3.8) is 0 Å². The number of hydrogen-bond donors (Lipinski definition) is 1. The summed E-state index contributed by atoms with van der Waals surface area (Å²) in [5.41, 5.74) is 4.25. The Morgan fingerprint density at radius 1 is 1.12 bits per heavy atom. The number of hydrogen-bond acceptors (Lipinski definition) is 7. The quantitative estimate of drug-likeness (QED) is 0.615. The molecular formula is C24H23F3N6O. The van der Waals surface area contributed by atoms with Gasteiger partial charge in [-0.05, 0) is 56.4 Å². The van der Waals surface area contributed by atoms with Crippen LogP contribution in [-0.4, -0.2) is 40.5 Å². The third-order valence-corrected chi connectivity index (χ3v) is 8.04. The Kier molecular flexibility index (Phi) is 4.49. The van der Waals surface area contributed by atoms with Crippen LogP contribution in [0.4, 0.5) is 18.9 Å². The minimum Gasteiger partial charge on any atom is -0.424 e. The van der Waals surface area contributed by atoms with Crippen molar-refractivity contribution in [2.75, 3.05) is 18.0 Å². The minimum atomic E-state index is -4.42. The number of nitriles is 1. The first kappa shape index (κ1) is 21.4. The third kappa shape index (κ3) is 2.89. The van der Waals surface area contributed by atoms with E-state index in [4.69, 9.17) is 10.2 Å². The lowest BCUT2D eigenvalue weighted by Crippen LogP contribution is -2.34. The van der Waals surface area contributed by atoms with Crippen molar-refractivity contribution in [2.24, 2.45) is 11.1 Å². The summed E-state index contributed by atoms with van der Waals surface area (Å²) < 4.78 is 49.3. The summed E-state index contributed by atoms with van der Waals surface area (Å²) in [6.07, 6.45) is 0.373. The fraction of sp³-hybridized carbons (Fsp3) is 0.500. The molecule has 176 valence electrons. The normalized spacial score (nSPS) is 30.9. The zero-order valence-electron chi connectivity index (χ0n) is 18.3. The Morgan fingerprint density at radius 3 is 2.65 bits per heavy atom. The minimum absolute atomic E-state index is 0.0440. The van der Waals surface area contributed by atoms with Crippen LogP contribution in [0.15, 0.2) is 34.9 Å². The first-order valence-electron chi connectivity index (χ1n) is 11.5. The van der Waals surface area contributed by atoms with Gasteiger partial charge in [0.2, 0.25) is 11.8 Å². The average molecular weight is 468 g/mol. The van der Waals surface area contributed by atoms with Crippen molar-refractivity contribution < 1.29 is 17.6 Å². The van der Waals surface area contributed by atoms with Crippen LogP contribution in [0.5, 0.6) is 0 Å². The number of anilines is 1. The molecule has 0 radical (unpaired) electrons. The highest BCUT2D eigenvalue weighted by molar-refractivity contribution is 5.95. The molecule has 2 atom stereocenters. The number of rotatable bonds is 3. The molecule has 1 aliphatic heterocycles. The molecule has 2 saturated carbocycles. The topological polar surface area (TPSA) is 105 Å². The molecule has 34 heavy (non-hydrogen) atoms. The molecule has 1 aromatic carbocycles. The van der Waals surface area contributed by atoms with Crippen LogP contribution in [0.2, 0.25) is 0 Å². The van der Waals surface area contributed by atoms with E-state index >= 15 is 0 Å². The molecule has 0 unspecified atom stereocenters. The number of alkyl halides is 3. The standard InChI is InChI=1S/C24H23F3N6O/c25-24(26,27)23-11-22(23,21-32-31-20(34-21)14-3-6-16(29)7-4-14)12-33(13-23)18-8-5-15(10-28)19-17(18)2-1-9-30-19/h1-2,5,8-9,14,16H,3-4,6-7,11-13,29H2/t14?,16?,22-,23-/m0/s1. The highest BCUT2D eigenvalue weighted by Gasteiger charge is 2.86. The van der Waals surface area contributed by atoms with Gasteiger partial charge in [0.15, 0.2) is 0 Å². The lowest BCUT2D eigenvalue weighted by Gasteiger charge is -2.25. The van der Waals surface area contributed by atoms with Crippen molar-refractivity contribution in [1.82, 2.24) is 15.2 Å². The number of benzene rings is 1. The van der Waals surface area contributed by atoms with Crippen LogP contribution >= 0.6 is 0 Å². The van der Waals surface area contributed by atoms with Crippen molar-refractivity contribution >= 4 is 16.6 Å². The molecule has 10 heteroatoms. The molecule has 1 saturated heterocycles. The van der Waals surface area contributed by atoms with Gasteiger partial charge in [-0.3, -0.25) is 4.98 Å². The van der Waals surface area contributed by atoms with E-state index in [1.54, 1.807) is 35.4 Å². The Bertz CT molecular complexity index is 1310. The number of halogens is 3. The fourth-order valence-corrected chi connectivity index (χ4v) is 6.06. The zero-order valence-corrected chi connectivity index (χ0v) is 18.3. The van der Waals surface area contributed by atoms with Crippen LogP contribution in [0.1, 0.15) is 55.4 Å². The van der Waals surface area contributed by atoms with E-state index in [0.29, 0.717) is 28.0 Å². The summed E-state index contributed by atoms with van der Waals surface area (Å²) >= 11 is 0. The second-order valence-electron chi connectivity index (χ2n) is 9.90. The Labute approximate surface area is 193 Å². The molecule has 0 bridgehead atoms. The van der Waals surface area contributed by atoms with E-state index in [0.717, 1.165) is 25.7 Å². The van der Waals surface area contributed by atoms with E-state index in [1.807, 2.05) is 0 Å². The molecule has 2 N–H and O–H groups in total. The second-order valence-corrected chi connectivity index (χ2v) is 9.90. The van der Waals surface area contributed by atoms with Gasteiger partial charge >= 0.3 is 6.18 Å². The van der Waals surface area contributed by atoms with E-state index < -0.39 is 17.0 Å². The SMILES string of the molecule is N#Cc1ccc(N2C[C@]3(c4nnc(C5CCC(N)CC5)o4)C[C@]3(C(F)(F)F)C2)c2cccnc12. The molecule has 2 aliphatic carbocycles. The predicted molar refractivity (Wildman–Crippen MR) is 117 cm³/mol. The van der Waals surface area contributed by atoms with E-state index in [-0.39, 0.29) is 37.4 Å². The predicted octanol–water partition coefficient (Wildman–Crippen LogP) is 4.18. The highest BCUT2D eigenvalue weighted by Crippen LogP contribution is 2.75. The Balaban J connectivity index is 1.38. The van der Waals surface area contributed by atoms with Gasteiger partial charge in [0.05, 0.1) is 16.5 Å². The monoisotopic (exact) mass is 468 g/mol. The summed E-state index contributed by atoms with van der Waals surface area (Å²) in [5, 5.41) is 18.4. The number of nitrogens with zero attached hydrogens (tertiary/aromatic N) is 5. The van der Waals surface area contributed by atoms with E-state index in [9.17, 15) is 18.4 Å². The van der Waals surface area contributed by atoms with Gasteiger partial charge in [-0.2, -0.15) is 18.4 Å². The van der Waals surface area contributed by atoms with Gasteiger partial charge in [0.1, 0.15) is 11.5 Å². The summed E-state index contributed by atoms with van der Waals surface area (Å²) in [5.74, 6) is 0.543. The smallest absolute Gasteiger partial charge is 0.397 e. The van der Waals surface area contributed by atoms with E-state index in [1.165, 1.54) is 0 Å². The number of pyridine rings is 1.